The van der Waals surface area contributed by atoms with Crippen LogP contribution in [0.5, 0.6) is 5.75 Å². The molecule has 3 rings (SSSR count). The molecule has 0 saturated heterocycles. The van der Waals surface area contributed by atoms with Gasteiger partial charge in [-0.05, 0) is 36.2 Å². The maximum Gasteiger partial charge on any atom is 0.121 e. The van der Waals surface area contributed by atoms with Crippen LogP contribution in [0.3, 0.4) is 0 Å². The second kappa shape index (κ2) is 6.41. The molecule has 2 aromatic carbocycles. The summed E-state index contributed by atoms with van der Waals surface area (Å²) in [7, 11) is 1.68. The number of ether oxygens (including phenoxy) is 1. The lowest BCUT2D eigenvalue weighted by atomic mass is 10.1. The van der Waals surface area contributed by atoms with Gasteiger partial charge in [-0.15, -0.1) is 11.6 Å². The molecule has 0 aliphatic rings. The third-order valence-electron chi connectivity index (χ3n) is 3.83. The van der Waals surface area contributed by atoms with Gasteiger partial charge in [-0.2, -0.15) is 0 Å². The summed E-state index contributed by atoms with van der Waals surface area (Å²) in [4.78, 5) is 4.74. The standard InChI is InChI=1S/C18H19ClN2O/c1-3-18-20-16-12-15(22-2)8-9-17(16)21(18)14-6-4-13(5-7-14)10-11-19/h4-9,12H,3,10-11H2,1-2H3. The average molecular weight is 315 g/mol. The minimum absolute atomic E-state index is 0.646. The normalized spacial score (nSPS) is 11.0. The van der Waals surface area contributed by atoms with Gasteiger partial charge in [0.05, 0.1) is 18.1 Å². The lowest BCUT2D eigenvalue weighted by Gasteiger charge is -2.09. The van der Waals surface area contributed by atoms with Crippen LogP contribution in [0.4, 0.5) is 0 Å². The number of rotatable bonds is 5. The van der Waals surface area contributed by atoms with Crippen LogP contribution in [0.2, 0.25) is 0 Å². The van der Waals surface area contributed by atoms with Crippen LogP contribution in [0.15, 0.2) is 42.5 Å². The molecule has 0 spiro atoms. The lowest BCUT2D eigenvalue weighted by molar-refractivity contribution is 0.415. The van der Waals surface area contributed by atoms with Crippen molar-refractivity contribution in [3.63, 3.8) is 0 Å². The van der Waals surface area contributed by atoms with Crippen molar-refractivity contribution in [1.82, 2.24) is 9.55 Å². The highest BCUT2D eigenvalue weighted by Crippen LogP contribution is 2.25. The van der Waals surface area contributed by atoms with Gasteiger partial charge in [0, 0.05) is 24.1 Å². The predicted octanol–water partition coefficient (Wildman–Crippen LogP) is 4.38. The highest BCUT2D eigenvalue weighted by atomic mass is 35.5. The number of aryl methyl sites for hydroxylation is 2. The number of alkyl halides is 1. The zero-order valence-corrected chi connectivity index (χ0v) is 13.6. The number of aromatic nitrogens is 2. The van der Waals surface area contributed by atoms with Crippen molar-refractivity contribution in [1.29, 1.82) is 0 Å². The number of imidazole rings is 1. The van der Waals surface area contributed by atoms with Crippen molar-refractivity contribution in [3.8, 4) is 11.4 Å². The first kappa shape index (κ1) is 14.9. The summed E-state index contributed by atoms with van der Waals surface area (Å²) >= 11 is 5.80. The smallest absolute Gasteiger partial charge is 0.121 e. The van der Waals surface area contributed by atoms with Crippen LogP contribution in [-0.4, -0.2) is 22.5 Å². The Kier molecular flexibility index (Phi) is 4.34. The third-order valence-corrected chi connectivity index (χ3v) is 4.01. The summed E-state index contributed by atoms with van der Waals surface area (Å²) in [6.45, 7) is 2.12. The van der Waals surface area contributed by atoms with E-state index in [1.54, 1.807) is 7.11 Å². The maximum atomic E-state index is 5.80. The molecule has 0 radical (unpaired) electrons. The largest absolute Gasteiger partial charge is 0.497 e. The summed E-state index contributed by atoms with van der Waals surface area (Å²) in [6, 6.07) is 14.5. The van der Waals surface area contributed by atoms with E-state index in [-0.39, 0.29) is 0 Å². The van der Waals surface area contributed by atoms with Gasteiger partial charge in [0.15, 0.2) is 0 Å². The van der Waals surface area contributed by atoms with Gasteiger partial charge in [0.25, 0.3) is 0 Å². The number of fused-ring (bicyclic) bond motifs is 1. The van der Waals surface area contributed by atoms with Crippen LogP contribution >= 0.6 is 11.6 Å². The molecule has 22 heavy (non-hydrogen) atoms. The van der Waals surface area contributed by atoms with Gasteiger partial charge in [0.2, 0.25) is 0 Å². The molecule has 0 fully saturated rings. The summed E-state index contributed by atoms with van der Waals surface area (Å²) in [5, 5.41) is 0. The lowest BCUT2D eigenvalue weighted by Crippen LogP contribution is -2.00. The molecule has 0 bridgehead atoms. The molecule has 3 nitrogen and oxygen atoms in total. The van der Waals surface area contributed by atoms with Crippen LogP contribution in [0.25, 0.3) is 16.7 Å². The van der Waals surface area contributed by atoms with Gasteiger partial charge in [0.1, 0.15) is 11.6 Å². The van der Waals surface area contributed by atoms with Gasteiger partial charge < -0.3 is 4.74 Å². The second-order valence-electron chi connectivity index (χ2n) is 5.18. The Balaban J connectivity index is 2.12. The van der Waals surface area contributed by atoms with Crippen LogP contribution in [0, 0.1) is 0 Å². The fraction of sp³-hybridized carbons (Fsp3) is 0.278. The maximum absolute atomic E-state index is 5.80. The highest BCUT2D eigenvalue weighted by Gasteiger charge is 2.11. The topological polar surface area (TPSA) is 27.1 Å². The molecule has 0 aliphatic heterocycles. The molecule has 0 aliphatic carbocycles. The van der Waals surface area contributed by atoms with E-state index in [9.17, 15) is 0 Å². The quantitative estimate of drug-likeness (QED) is 0.654. The van der Waals surface area contributed by atoms with Crippen molar-refractivity contribution in [3.05, 3.63) is 53.9 Å². The van der Waals surface area contributed by atoms with Gasteiger partial charge >= 0.3 is 0 Å². The summed E-state index contributed by atoms with van der Waals surface area (Å²) in [6.07, 6.45) is 1.77. The summed E-state index contributed by atoms with van der Waals surface area (Å²) in [5.74, 6) is 2.53. The molecule has 0 amide bonds. The first-order valence-electron chi connectivity index (χ1n) is 7.47. The van der Waals surface area contributed by atoms with E-state index in [1.165, 1.54) is 5.56 Å². The Morgan fingerprint density at radius 3 is 2.55 bits per heavy atom. The Bertz CT molecular complexity index is 778. The van der Waals surface area contributed by atoms with E-state index in [0.29, 0.717) is 5.88 Å². The molecule has 0 unspecified atom stereocenters. The molecular weight excluding hydrogens is 296 g/mol. The molecule has 0 saturated carbocycles. The van der Waals surface area contributed by atoms with E-state index in [4.69, 9.17) is 21.3 Å². The first-order chi connectivity index (χ1) is 10.8. The Morgan fingerprint density at radius 1 is 1.14 bits per heavy atom. The minimum Gasteiger partial charge on any atom is -0.497 e. The molecular formula is C18H19ClN2O. The Morgan fingerprint density at radius 2 is 1.91 bits per heavy atom. The zero-order valence-electron chi connectivity index (χ0n) is 12.8. The Labute approximate surface area is 135 Å². The number of hydrogen-bond donors (Lipinski definition) is 0. The van der Waals surface area contributed by atoms with Crippen LogP contribution < -0.4 is 4.74 Å². The van der Waals surface area contributed by atoms with Gasteiger partial charge in [-0.3, -0.25) is 4.57 Å². The van der Waals surface area contributed by atoms with Crippen LogP contribution in [0.1, 0.15) is 18.3 Å². The third kappa shape index (κ3) is 2.69. The highest BCUT2D eigenvalue weighted by molar-refractivity contribution is 6.17. The minimum atomic E-state index is 0.646. The van der Waals surface area contributed by atoms with Crippen molar-refractivity contribution >= 4 is 22.6 Å². The predicted molar refractivity (Wildman–Crippen MR) is 91.4 cm³/mol. The molecule has 3 aromatic rings. The molecule has 0 N–H and O–H groups in total. The monoisotopic (exact) mass is 314 g/mol. The van der Waals surface area contributed by atoms with E-state index in [2.05, 4.69) is 41.8 Å². The van der Waals surface area contributed by atoms with E-state index < -0.39 is 0 Å². The summed E-state index contributed by atoms with van der Waals surface area (Å²) < 4.78 is 7.50. The average Bonchev–Trinajstić information content (AvgIpc) is 2.93. The van der Waals surface area contributed by atoms with Gasteiger partial charge in [-0.1, -0.05) is 19.1 Å². The van der Waals surface area contributed by atoms with Crippen molar-refractivity contribution in [2.45, 2.75) is 19.8 Å². The number of benzene rings is 2. The fourth-order valence-electron chi connectivity index (χ4n) is 2.68. The van der Waals surface area contributed by atoms with Crippen molar-refractivity contribution in [2.75, 3.05) is 13.0 Å². The molecule has 114 valence electrons. The number of methoxy groups -OCH3 is 1. The summed E-state index contributed by atoms with van der Waals surface area (Å²) in [5.41, 5.74) is 4.44. The molecule has 1 heterocycles. The molecule has 0 atom stereocenters. The van der Waals surface area contributed by atoms with E-state index in [1.807, 2.05) is 12.1 Å². The van der Waals surface area contributed by atoms with E-state index >= 15 is 0 Å². The van der Waals surface area contributed by atoms with Crippen LogP contribution in [-0.2, 0) is 12.8 Å². The second-order valence-corrected chi connectivity index (χ2v) is 5.56. The van der Waals surface area contributed by atoms with Gasteiger partial charge in [-0.25, -0.2) is 4.98 Å². The SMILES string of the molecule is CCc1nc2cc(OC)ccc2n1-c1ccc(CCCl)cc1. The fourth-order valence-corrected chi connectivity index (χ4v) is 2.90. The zero-order chi connectivity index (χ0) is 15.5. The van der Waals surface area contributed by atoms with Crippen molar-refractivity contribution in [2.24, 2.45) is 0 Å². The Hall–Kier alpha value is -2.00. The first-order valence-corrected chi connectivity index (χ1v) is 8.01. The number of halogens is 1. The van der Waals surface area contributed by atoms with Crippen molar-refractivity contribution < 1.29 is 4.74 Å². The molecule has 4 heteroatoms. The van der Waals surface area contributed by atoms with E-state index in [0.717, 1.165) is 41.1 Å². The number of nitrogens with zero attached hydrogens (tertiary/aromatic N) is 2. The molecule has 1 aromatic heterocycles. The number of hydrogen-bond acceptors (Lipinski definition) is 2.